The molecule has 5 nitrogen and oxygen atoms in total. The highest BCUT2D eigenvalue weighted by molar-refractivity contribution is 5.87. The van der Waals surface area contributed by atoms with Gasteiger partial charge in [0.05, 0.1) is 0 Å². The minimum atomic E-state index is -1.05. The molecule has 0 aromatic carbocycles. The largest absolute Gasteiger partial charge is 0.459 e. The lowest BCUT2D eigenvalue weighted by Gasteiger charge is -2.11. The third-order valence-corrected chi connectivity index (χ3v) is 1.51. The van der Waals surface area contributed by atoms with Gasteiger partial charge in [-0.3, -0.25) is 0 Å². The maximum absolute atomic E-state index is 10.9. The van der Waals surface area contributed by atoms with Gasteiger partial charge in [-0.2, -0.15) is 0 Å². The summed E-state index contributed by atoms with van der Waals surface area (Å²) in [6, 6.07) is 0. The van der Waals surface area contributed by atoms with Crippen LogP contribution in [0.3, 0.4) is 0 Å². The van der Waals surface area contributed by atoms with Crippen molar-refractivity contribution in [2.75, 3.05) is 13.2 Å². The standard InChI is InChI=1S/C11H16O5.C3H8/c1-7(2)10(13)15-5-9(12)6-16-11(14)8(3)4;1-3-2/h9,12H,1,3,5-6H2,2,4H3;3H2,1-2H3. The number of hydrogen-bond acceptors (Lipinski definition) is 5. The van der Waals surface area contributed by atoms with E-state index in [0.717, 1.165) is 0 Å². The van der Waals surface area contributed by atoms with E-state index in [2.05, 4.69) is 36.5 Å². The summed E-state index contributed by atoms with van der Waals surface area (Å²) >= 11 is 0. The molecule has 5 heteroatoms. The second kappa shape index (κ2) is 11.5. The molecule has 0 fully saturated rings. The molecule has 110 valence electrons. The van der Waals surface area contributed by atoms with Crippen LogP contribution < -0.4 is 0 Å². The topological polar surface area (TPSA) is 72.8 Å². The summed E-state index contributed by atoms with van der Waals surface area (Å²) in [6.07, 6.45) is 0.201. The van der Waals surface area contributed by atoms with Crippen LogP contribution in [-0.2, 0) is 19.1 Å². The van der Waals surface area contributed by atoms with Crippen LogP contribution in [-0.4, -0.2) is 36.4 Å². The summed E-state index contributed by atoms with van der Waals surface area (Å²) < 4.78 is 9.31. The van der Waals surface area contributed by atoms with Gasteiger partial charge in [-0.15, -0.1) is 0 Å². The third kappa shape index (κ3) is 12.6. The smallest absolute Gasteiger partial charge is 0.333 e. The molecule has 0 spiro atoms. The Kier molecular flexibility index (Phi) is 11.9. The molecule has 0 bridgehead atoms. The highest BCUT2D eigenvalue weighted by Gasteiger charge is 2.12. The molecule has 0 aliphatic carbocycles. The maximum Gasteiger partial charge on any atom is 0.333 e. The normalized spacial score (nSPS) is 9.16. The molecule has 0 aromatic rings. The molecule has 0 heterocycles. The van der Waals surface area contributed by atoms with Crippen LogP contribution in [0.25, 0.3) is 0 Å². The van der Waals surface area contributed by atoms with E-state index in [1.165, 1.54) is 20.3 Å². The molecule has 0 saturated heterocycles. The van der Waals surface area contributed by atoms with Crippen molar-refractivity contribution >= 4 is 11.9 Å². The SMILES string of the molecule is C=C(C)C(=O)OCC(O)COC(=O)C(=C)C.CCC. The van der Waals surface area contributed by atoms with Crippen molar-refractivity contribution in [3.63, 3.8) is 0 Å². The van der Waals surface area contributed by atoms with Gasteiger partial charge in [-0.05, 0) is 13.8 Å². The van der Waals surface area contributed by atoms with E-state index in [-0.39, 0.29) is 24.4 Å². The van der Waals surface area contributed by atoms with Crippen molar-refractivity contribution in [2.24, 2.45) is 0 Å². The van der Waals surface area contributed by atoms with Crippen LogP contribution in [0.5, 0.6) is 0 Å². The first-order valence-electron chi connectivity index (χ1n) is 6.09. The molecule has 0 amide bonds. The zero-order chi connectivity index (χ0) is 15.4. The summed E-state index contributed by atoms with van der Waals surface area (Å²) in [7, 11) is 0. The van der Waals surface area contributed by atoms with Gasteiger partial charge >= 0.3 is 11.9 Å². The van der Waals surface area contributed by atoms with Crippen molar-refractivity contribution in [1.82, 2.24) is 0 Å². The average Bonchev–Trinajstić information content (AvgIpc) is 2.33. The van der Waals surface area contributed by atoms with Gasteiger partial charge in [0, 0.05) is 11.1 Å². The minimum Gasteiger partial charge on any atom is -0.459 e. The number of aliphatic hydroxyl groups is 1. The van der Waals surface area contributed by atoms with Crippen molar-refractivity contribution in [3.05, 3.63) is 24.3 Å². The Hall–Kier alpha value is -1.62. The van der Waals surface area contributed by atoms with Gasteiger partial charge in [0.25, 0.3) is 0 Å². The predicted molar refractivity (Wildman–Crippen MR) is 73.5 cm³/mol. The quantitative estimate of drug-likeness (QED) is 0.591. The lowest BCUT2D eigenvalue weighted by Crippen LogP contribution is -2.25. The van der Waals surface area contributed by atoms with Gasteiger partial charge in [0.15, 0.2) is 0 Å². The van der Waals surface area contributed by atoms with Crippen LogP contribution >= 0.6 is 0 Å². The van der Waals surface area contributed by atoms with E-state index in [1.54, 1.807) is 0 Å². The molecule has 19 heavy (non-hydrogen) atoms. The number of carbonyl (C=O) groups excluding carboxylic acids is 2. The highest BCUT2D eigenvalue weighted by Crippen LogP contribution is 1.97. The van der Waals surface area contributed by atoms with Crippen LogP contribution in [0, 0.1) is 0 Å². The van der Waals surface area contributed by atoms with Crippen LogP contribution in [0.1, 0.15) is 34.1 Å². The van der Waals surface area contributed by atoms with Crippen molar-refractivity contribution in [1.29, 1.82) is 0 Å². The van der Waals surface area contributed by atoms with Crippen molar-refractivity contribution < 1.29 is 24.2 Å². The molecular weight excluding hydrogens is 248 g/mol. The fourth-order valence-electron chi connectivity index (χ4n) is 0.638. The van der Waals surface area contributed by atoms with Crippen molar-refractivity contribution in [3.8, 4) is 0 Å². The number of esters is 2. The molecule has 0 aliphatic rings. The molecule has 0 aliphatic heterocycles. The molecule has 0 radical (unpaired) electrons. The van der Waals surface area contributed by atoms with Gasteiger partial charge in [0.1, 0.15) is 19.3 Å². The Morgan fingerprint density at radius 3 is 1.47 bits per heavy atom. The zero-order valence-corrected chi connectivity index (χ0v) is 12.2. The third-order valence-electron chi connectivity index (χ3n) is 1.51. The molecule has 0 atom stereocenters. The summed E-state index contributed by atoms with van der Waals surface area (Å²) in [5.41, 5.74) is 0.484. The Morgan fingerprint density at radius 2 is 1.26 bits per heavy atom. The molecule has 0 saturated carbocycles. The van der Waals surface area contributed by atoms with Gasteiger partial charge in [0.2, 0.25) is 0 Å². The lowest BCUT2D eigenvalue weighted by molar-refractivity contribution is -0.147. The molecular formula is C14H24O5. The second-order valence-electron chi connectivity index (χ2n) is 4.12. The van der Waals surface area contributed by atoms with E-state index in [9.17, 15) is 14.7 Å². The monoisotopic (exact) mass is 272 g/mol. The minimum absolute atomic E-state index is 0.241. The Morgan fingerprint density at radius 1 is 1.00 bits per heavy atom. The summed E-state index contributed by atoms with van der Waals surface area (Å²) in [5.74, 6) is -1.18. The maximum atomic E-state index is 10.9. The highest BCUT2D eigenvalue weighted by atomic mass is 16.6. The number of rotatable bonds is 6. The van der Waals surface area contributed by atoms with Gasteiger partial charge < -0.3 is 14.6 Å². The first-order chi connectivity index (χ1) is 8.76. The number of hydrogen-bond donors (Lipinski definition) is 1. The second-order valence-corrected chi connectivity index (χ2v) is 4.12. The molecule has 0 aromatic heterocycles. The fourth-order valence-corrected chi connectivity index (χ4v) is 0.638. The first-order valence-corrected chi connectivity index (χ1v) is 6.09. The van der Waals surface area contributed by atoms with E-state index < -0.39 is 18.0 Å². The average molecular weight is 272 g/mol. The summed E-state index contributed by atoms with van der Waals surface area (Å²) in [5, 5.41) is 9.30. The van der Waals surface area contributed by atoms with Crippen LogP contribution in [0.15, 0.2) is 24.3 Å². The molecule has 0 unspecified atom stereocenters. The van der Waals surface area contributed by atoms with Gasteiger partial charge in [-0.25, -0.2) is 9.59 Å². The lowest BCUT2D eigenvalue weighted by atomic mass is 10.3. The molecule has 0 rings (SSSR count). The van der Waals surface area contributed by atoms with Crippen molar-refractivity contribution in [2.45, 2.75) is 40.2 Å². The number of carbonyl (C=O) groups is 2. The van der Waals surface area contributed by atoms with Crippen LogP contribution in [0.2, 0.25) is 0 Å². The van der Waals surface area contributed by atoms with Crippen LogP contribution in [0.4, 0.5) is 0 Å². The Labute approximate surface area is 114 Å². The summed E-state index contributed by atoms with van der Waals surface area (Å²) in [4.78, 5) is 21.9. The molecule has 1 N–H and O–H groups in total. The summed E-state index contributed by atoms with van der Waals surface area (Å²) in [6.45, 7) is 13.5. The van der Waals surface area contributed by atoms with E-state index in [4.69, 9.17) is 0 Å². The fraction of sp³-hybridized carbons (Fsp3) is 0.571. The van der Waals surface area contributed by atoms with E-state index in [1.807, 2.05) is 0 Å². The van der Waals surface area contributed by atoms with E-state index >= 15 is 0 Å². The Balaban J connectivity index is 0. The number of aliphatic hydroxyl groups excluding tert-OH is 1. The van der Waals surface area contributed by atoms with Gasteiger partial charge in [-0.1, -0.05) is 33.4 Å². The Bertz CT molecular complexity index is 290. The van der Waals surface area contributed by atoms with E-state index in [0.29, 0.717) is 0 Å². The number of ether oxygens (including phenoxy) is 2. The zero-order valence-electron chi connectivity index (χ0n) is 12.2. The first kappa shape index (κ1) is 19.7. The predicted octanol–water partition coefficient (Wildman–Crippen LogP) is 2.00.